The number of aromatic nitrogens is 1. The highest BCUT2D eigenvalue weighted by molar-refractivity contribution is 7.13. The molecule has 0 aliphatic carbocycles. The first-order valence-corrected chi connectivity index (χ1v) is 7.10. The minimum atomic E-state index is -0.0886. The maximum atomic E-state index is 12.0. The molecule has 2 aromatic rings. The fourth-order valence-corrected chi connectivity index (χ4v) is 2.89. The summed E-state index contributed by atoms with van der Waals surface area (Å²) in [4.78, 5) is 16.8. The number of benzene rings is 1. The molecule has 2 heterocycles. The van der Waals surface area contributed by atoms with E-state index in [9.17, 15) is 4.79 Å². The van der Waals surface area contributed by atoms with E-state index in [0.717, 1.165) is 30.2 Å². The van der Waals surface area contributed by atoms with E-state index in [-0.39, 0.29) is 5.91 Å². The van der Waals surface area contributed by atoms with Crippen molar-refractivity contribution >= 4 is 22.9 Å². The Hall–Kier alpha value is -1.72. The Balaban J connectivity index is 1.78. The summed E-state index contributed by atoms with van der Waals surface area (Å²) in [5.74, 6) is -0.0886. The zero-order valence-electron chi connectivity index (χ0n) is 10.7. The fourth-order valence-electron chi connectivity index (χ4n) is 2.22. The van der Waals surface area contributed by atoms with Gasteiger partial charge in [0.25, 0.3) is 5.91 Å². The number of hydrogen-bond donors (Lipinski definition) is 2. The van der Waals surface area contributed by atoms with Crippen molar-refractivity contribution in [2.75, 3.05) is 11.9 Å². The van der Waals surface area contributed by atoms with Crippen molar-refractivity contribution in [2.24, 2.45) is 0 Å². The maximum Gasteiger partial charge on any atom is 0.267 e. The van der Waals surface area contributed by atoms with Crippen LogP contribution in [0.1, 0.15) is 25.8 Å². The van der Waals surface area contributed by atoms with Gasteiger partial charge >= 0.3 is 0 Å². The Morgan fingerprint density at radius 3 is 3.11 bits per heavy atom. The van der Waals surface area contributed by atoms with Crippen LogP contribution in [0.5, 0.6) is 0 Å². The van der Waals surface area contributed by atoms with Gasteiger partial charge in [-0.1, -0.05) is 6.07 Å². The van der Waals surface area contributed by atoms with Crippen molar-refractivity contribution in [3.63, 3.8) is 0 Å². The van der Waals surface area contributed by atoms with Gasteiger partial charge in [0.15, 0.2) is 0 Å². The number of nitrogens with one attached hydrogen (secondary N) is 2. The average molecular weight is 273 g/mol. The third kappa shape index (κ3) is 2.67. The summed E-state index contributed by atoms with van der Waals surface area (Å²) in [6.45, 7) is 3.80. The van der Waals surface area contributed by atoms with Crippen LogP contribution < -0.4 is 10.6 Å². The van der Waals surface area contributed by atoms with Crippen LogP contribution in [-0.2, 0) is 13.0 Å². The Kier molecular flexibility index (Phi) is 3.31. The molecule has 1 aromatic carbocycles. The van der Waals surface area contributed by atoms with Gasteiger partial charge in [0.1, 0.15) is 4.88 Å². The summed E-state index contributed by atoms with van der Waals surface area (Å²) >= 11 is 1.41. The second-order valence-corrected chi connectivity index (χ2v) is 5.84. The largest absolute Gasteiger partial charge is 0.321 e. The Bertz CT molecular complexity index is 621. The topological polar surface area (TPSA) is 54.0 Å². The summed E-state index contributed by atoms with van der Waals surface area (Å²) in [7, 11) is 0. The van der Waals surface area contributed by atoms with Crippen molar-refractivity contribution in [3.8, 4) is 0 Å². The van der Waals surface area contributed by atoms with Crippen LogP contribution in [0.25, 0.3) is 0 Å². The lowest BCUT2D eigenvalue weighted by atomic mass is 10.0. The van der Waals surface area contributed by atoms with Crippen molar-refractivity contribution in [2.45, 2.75) is 19.9 Å². The number of aryl methyl sites for hydroxylation is 1. The molecule has 0 fully saturated rings. The third-order valence-electron chi connectivity index (χ3n) is 3.20. The lowest BCUT2D eigenvalue weighted by Gasteiger charge is -2.17. The molecule has 0 atom stereocenters. The highest BCUT2D eigenvalue weighted by Gasteiger charge is 2.12. The van der Waals surface area contributed by atoms with Crippen LogP contribution in [0, 0.1) is 6.92 Å². The molecule has 1 amide bonds. The SMILES string of the molecule is Cc1ncc(C(=O)Nc2ccc3c(c2)CNCC3)s1. The van der Waals surface area contributed by atoms with E-state index < -0.39 is 0 Å². The lowest BCUT2D eigenvalue weighted by molar-refractivity contribution is 0.103. The molecule has 0 spiro atoms. The minimum Gasteiger partial charge on any atom is -0.321 e. The van der Waals surface area contributed by atoms with Crippen LogP contribution in [0.3, 0.4) is 0 Å². The first-order valence-electron chi connectivity index (χ1n) is 6.29. The van der Waals surface area contributed by atoms with Crippen LogP contribution in [0.15, 0.2) is 24.4 Å². The molecule has 1 aromatic heterocycles. The summed E-state index contributed by atoms with van der Waals surface area (Å²) in [6.07, 6.45) is 2.67. The molecule has 0 radical (unpaired) electrons. The van der Waals surface area contributed by atoms with E-state index in [4.69, 9.17) is 0 Å². The standard InChI is InChI=1S/C14H15N3OS/c1-9-16-8-13(19-9)14(18)17-12-3-2-10-4-5-15-7-11(10)6-12/h2-3,6,8,15H,4-5,7H2,1H3,(H,17,18). The molecule has 1 aliphatic rings. The van der Waals surface area contributed by atoms with Gasteiger partial charge in [0.2, 0.25) is 0 Å². The Labute approximate surface area is 115 Å². The quantitative estimate of drug-likeness (QED) is 0.883. The van der Waals surface area contributed by atoms with Crippen LogP contribution >= 0.6 is 11.3 Å². The number of carbonyl (C=O) groups excluding carboxylic acids is 1. The first-order chi connectivity index (χ1) is 9.22. The van der Waals surface area contributed by atoms with Crippen molar-refractivity contribution in [1.29, 1.82) is 0 Å². The smallest absolute Gasteiger partial charge is 0.267 e. The van der Waals surface area contributed by atoms with Gasteiger partial charge in [-0.3, -0.25) is 4.79 Å². The second kappa shape index (κ2) is 5.11. The van der Waals surface area contributed by atoms with E-state index in [1.165, 1.54) is 22.5 Å². The van der Waals surface area contributed by atoms with Gasteiger partial charge < -0.3 is 10.6 Å². The minimum absolute atomic E-state index is 0.0886. The molecule has 3 rings (SSSR count). The number of hydrogen-bond acceptors (Lipinski definition) is 4. The second-order valence-electron chi connectivity index (χ2n) is 4.61. The zero-order chi connectivity index (χ0) is 13.2. The lowest BCUT2D eigenvalue weighted by Crippen LogP contribution is -2.23. The first kappa shape index (κ1) is 12.3. The molecule has 0 unspecified atom stereocenters. The van der Waals surface area contributed by atoms with Gasteiger partial charge in [-0.2, -0.15) is 0 Å². The number of thiazole rings is 1. The van der Waals surface area contributed by atoms with E-state index in [2.05, 4.69) is 21.7 Å². The molecular weight excluding hydrogens is 258 g/mol. The molecule has 1 aliphatic heterocycles. The van der Waals surface area contributed by atoms with Crippen LogP contribution in [0.2, 0.25) is 0 Å². The van der Waals surface area contributed by atoms with E-state index in [1.807, 2.05) is 19.1 Å². The monoisotopic (exact) mass is 273 g/mol. The zero-order valence-corrected chi connectivity index (χ0v) is 11.5. The Morgan fingerprint density at radius 1 is 1.42 bits per heavy atom. The normalized spacial score (nSPS) is 13.9. The number of carbonyl (C=O) groups is 1. The highest BCUT2D eigenvalue weighted by atomic mass is 32.1. The van der Waals surface area contributed by atoms with Crippen molar-refractivity contribution < 1.29 is 4.79 Å². The molecule has 4 nitrogen and oxygen atoms in total. The average Bonchev–Trinajstić information content (AvgIpc) is 2.85. The molecule has 5 heteroatoms. The number of rotatable bonds is 2. The Morgan fingerprint density at radius 2 is 2.32 bits per heavy atom. The number of anilines is 1. The third-order valence-corrected chi connectivity index (χ3v) is 4.11. The molecule has 0 saturated carbocycles. The number of amides is 1. The van der Waals surface area contributed by atoms with E-state index in [0.29, 0.717) is 4.88 Å². The molecule has 0 saturated heterocycles. The van der Waals surface area contributed by atoms with Gasteiger partial charge in [-0.25, -0.2) is 4.98 Å². The summed E-state index contributed by atoms with van der Waals surface area (Å²) < 4.78 is 0. The van der Waals surface area contributed by atoms with Crippen molar-refractivity contribution in [3.05, 3.63) is 45.4 Å². The molecule has 0 bridgehead atoms. The van der Waals surface area contributed by atoms with Gasteiger partial charge in [0, 0.05) is 12.2 Å². The molecule has 19 heavy (non-hydrogen) atoms. The summed E-state index contributed by atoms with van der Waals surface area (Å²) in [5.41, 5.74) is 3.48. The maximum absolute atomic E-state index is 12.0. The molecule has 98 valence electrons. The van der Waals surface area contributed by atoms with Gasteiger partial charge in [-0.15, -0.1) is 11.3 Å². The van der Waals surface area contributed by atoms with Gasteiger partial charge in [-0.05, 0) is 43.1 Å². The van der Waals surface area contributed by atoms with Crippen LogP contribution in [0.4, 0.5) is 5.69 Å². The fraction of sp³-hybridized carbons (Fsp3) is 0.286. The van der Waals surface area contributed by atoms with E-state index in [1.54, 1.807) is 6.20 Å². The predicted molar refractivity (Wildman–Crippen MR) is 76.7 cm³/mol. The highest BCUT2D eigenvalue weighted by Crippen LogP contribution is 2.20. The van der Waals surface area contributed by atoms with Crippen LogP contribution in [-0.4, -0.2) is 17.4 Å². The summed E-state index contributed by atoms with van der Waals surface area (Å²) in [5, 5.41) is 7.16. The molecule has 2 N–H and O–H groups in total. The van der Waals surface area contributed by atoms with Gasteiger partial charge in [0.05, 0.1) is 11.2 Å². The van der Waals surface area contributed by atoms with Crippen molar-refractivity contribution in [1.82, 2.24) is 10.3 Å². The molecular formula is C14H15N3OS. The van der Waals surface area contributed by atoms with E-state index >= 15 is 0 Å². The summed E-state index contributed by atoms with van der Waals surface area (Å²) in [6, 6.07) is 6.12. The number of fused-ring (bicyclic) bond motifs is 1. The predicted octanol–water partition coefficient (Wildman–Crippen LogP) is 2.35. The number of nitrogens with zero attached hydrogens (tertiary/aromatic N) is 1.